The molecule has 0 aliphatic carbocycles. The van der Waals surface area contributed by atoms with E-state index >= 15 is 0 Å². The summed E-state index contributed by atoms with van der Waals surface area (Å²) >= 11 is 0. The summed E-state index contributed by atoms with van der Waals surface area (Å²) in [6.45, 7) is 0.365. The molecule has 0 atom stereocenters. The van der Waals surface area contributed by atoms with E-state index in [1.807, 2.05) is 77.6 Å². The van der Waals surface area contributed by atoms with Crippen LogP contribution in [0.3, 0.4) is 0 Å². The molecule has 32 heavy (non-hydrogen) atoms. The fraction of sp³-hybridized carbons (Fsp3) is 0.154. The van der Waals surface area contributed by atoms with Crippen molar-refractivity contribution < 1.29 is 9.53 Å². The zero-order valence-corrected chi connectivity index (χ0v) is 17.6. The normalized spacial score (nSPS) is 11.1. The first-order valence-corrected chi connectivity index (χ1v) is 10.7. The third kappa shape index (κ3) is 4.49. The quantitative estimate of drug-likeness (QED) is 0.352. The maximum absolute atomic E-state index is 12.4. The molecule has 2 N–H and O–H groups in total. The topological polar surface area (TPSA) is 71.4 Å². The number of amides is 1. The number of nitrogens with one attached hydrogen (secondary N) is 2. The number of aryl methyl sites for hydroxylation is 1. The lowest BCUT2D eigenvalue weighted by Gasteiger charge is -2.08. The highest BCUT2D eigenvalue weighted by Gasteiger charge is 2.07. The molecule has 5 aromatic rings. The van der Waals surface area contributed by atoms with Crippen molar-refractivity contribution in [3.63, 3.8) is 0 Å². The molecule has 0 fully saturated rings. The minimum absolute atomic E-state index is 0.00217. The Bertz CT molecular complexity index is 1340. The van der Waals surface area contributed by atoms with Gasteiger partial charge in [0.15, 0.2) is 0 Å². The van der Waals surface area contributed by atoms with Gasteiger partial charge in [-0.05, 0) is 48.7 Å². The van der Waals surface area contributed by atoms with E-state index in [0.29, 0.717) is 18.8 Å². The van der Waals surface area contributed by atoms with Crippen LogP contribution in [0.2, 0.25) is 0 Å². The van der Waals surface area contributed by atoms with Gasteiger partial charge < -0.3 is 19.4 Å². The summed E-state index contributed by atoms with van der Waals surface area (Å²) in [6.07, 6.45) is 8.06. The zero-order chi connectivity index (χ0) is 21.8. The number of imidazole rings is 1. The van der Waals surface area contributed by atoms with Gasteiger partial charge in [0.2, 0.25) is 5.91 Å². The molecule has 0 bridgehead atoms. The summed E-state index contributed by atoms with van der Waals surface area (Å²) in [5.74, 6) is 0.695. The number of ether oxygens (including phenoxy) is 1. The van der Waals surface area contributed by atoms with Crippen LogP contribution in [0.1, 0.15) is 24.1 Å². The summed E-state index contributed by atoms with van der Waals surface area (Å²) in [6, 6.07) is 21.6. The fourth-order valence-electron chi connectivity index (χ4n) is 3.88. The summed E-state index contributed by atoms with van der Waals surface area (Å²) in [5, 5.41) is 4.20. The van der Waals surface area contributed by atoms with Crippen molar-refractivity contribution in [1.82, 2.24) is 14.4 Å². The van der Waals surface area contributed by atoms with Crippen molar-refractivity contribution in [2.75, 3.05) is 5.32 Å². The summed E-state index contributed by atoms with van der Waals surface area (Å²) in [4.78, 5) is 20.2. The molecule has 160 valence electrons. The predicted octanol–water partition coefficient (Wildman–Crippen LogP) is 5.36. The highest BCUT2D eigenvalue weighted by molar-refractivity contribution is 5.91. The van der Waals surface area contributed by atoms with Crippen molar-refractivity contribution in [3.05, 3.63) is 96.6 Å². The fourth-order valence-corrected chi connectivity index (χ4v) is 3.88. The molecular formula is C26H24N4O2. The Labute approximate surface area is 185 Å². The highest BCUT2D eigenvalue weighted by Crippen LogP contribution is 2.21. The van der Waals surface area contributed by atoms with E-state index in [-0.39, 0.29) is 5.91 Å². The largest absolute Gasteiger partial charge is 0.487 e. The molecule has 0 aliphatic rings. The van der Waals surface area contributed by atoms with Crippen molar-refractivity contribution in [2.45, 2.75) is 25.9 Å². The van der Waals surface area contributed by atoms with Gasteiger partial charge in [-0.15, -0.1) is 0 Å². The Kier molecular flexibility index (Phi) is 5.58. The van der Waals surface area contributed by atoms with Gasteiger partial charge in [0, 0.05) is 47.7 Å². The van der Waals surface area contributed by atoms with E-state index in [1.165, 1.54) is 10.9 Å². The lowest BCUT2D eigenvalue weighted by atomic mass is 10.1. The molecule has 2 aromatic carbocycles. The second kappa shape index (κ2) is 8.98. The molecule has 3 aromatic heterocycles. The molecule has 6 nitrogen and oxygen atoms in total. The van der Waals surface area contributed by atoms with Gasteiger partial charge in [-0.3, -0.25) is 4.79 Å². The van der Waals surface area contributed by atoms with Gasteiger partial charge in [-0.2, -0.15) is 0 Å². The van der Waals surface area contributed by atoms with Crippen molar-refractivity contribution >= 4 is 28.1 Å². The van der Waals surface area contributed by atoms with Gasteiger partial charge in [-0.1, -0.05) is 30.3 Å². The van der Waals surface area contributed by atoms with E-state index < -0.39 is 0 Å². The number of anilines is 1. The SMILES string of the molecule is O=C(CCCc1c[nH]c2ccccc12)Nc1cccc(OCc2cn3ccccc3n2)c1. The first-order valence-electron chi connectivity index (χ1n) is 10.7. The molecule has 0 unspecified atom stereocenters. The first kappa shape index (κ1) is 19.9. The molecule has 1 amide bonds. The van der Waals surface area contributed by atoms with Gasteiger partial charge >= 0.3 is 0 Å². The van der Waals surface area contributed by atoms with Crippen LogP contribution in [0.25, 0.3) is 16.6 Å². The monoisotopic (exact) mass is 424 g/mol. The Morgan fingerprint density at radius 1 is 1.06 bits per heavy atom. The number of rotatable bonds is 8. The number of hydrogen-bond acceptors (Lipinski definition) is 3. The summed E-state index contributed by atoms with van der Waals surface area (Å²) in [5.41, 5.74) is 4.85. The Balaban J connectivity index is 1.13. The minimum atomic E-state index is 0.00217. The maximum Gasteiger partial charge on any atom is 0.224 e. The highest BCUT2D eigenvalue weighted by atomic mass is 16.5. The maximum atomic E-state index is 12.4. The number of H-pyrrole nitrogens is 1. The number of nitrogens with zero attached hydrogens (tertiary/aromatic N) is 2. The molecule has 3 heterocycles. The van der Waals surface area contributed by atoms with E-state index in [4.69, 9.17) is 4.74 Å². The lowest BCUT2D eigenvalue weighted by Crippen LogP contribution is -2.11. The average molecular weight is 425 g/mol. The number of carbonyl (C=O) groups is 1. The standard InChI is InChI=1S/C26H24N4O2/c31-26(13-5-7-19-16-27-24-11-2-1-10-23(19)24)29-20-8-6-9-22(15-20)32-18-21-17-30-14-4-3-12-25(30)28-21/h1-4,6,8-12,14-17,27H,5,7,13,18H2,(H,29,31). The number of aromatic amines is 1. The molecular weight excluding hydrogens is 400 g/mol. The Morgan fingerprint density at radius 3 is 2.91 bits per heavy atom. The number of pyridine rings is 1. The van der Waals surface area contributed by atoms with Crippen molar-refractivity contribution in [3.8, 4) is 5.75 Å². The Hall–Kier alpha value is -4.06. The number of para-hydroxylation sites is 1. The van der Waals surface area contributed by atoms with E-state index in [0.717, 1.165) is 35.4 Å². The number of benzene rings is 2. The predicted molar refractivity (Wildman–Crippen MR) is 126 cm³/mol. The lowest BCUT2D eigenvalue weighted by molar-refractivity contribution is -0.116. The van der Waals surface area contributed by atoms with Gasteiger partial charge in [0.25, 0.3) is 0 Å². The summed E-state index contributed by atoms with van der Waals surface area (Å²) < 4.78 is 7.85. The molecule has 5 rings (SSSR count). The molecule has 0 aliphatic heterocycles. The van der Waals surface area contributed by atoms with Crippen LogP contribution >= 0.6 is 0 Å². The number of aromatic nitrogens is 3. The van der Waals surface area contributed by atoms with Crippen LogP contribution in [0.15, 0.2) is 85.3 Å². The molecule has 0 radical (unpaired) electrons. The third-order valence-corrected chi connectivity index (χ3v) is 5.44. The number of fused-ring (bicyclic) bond motifs is 2. The van der Waals surface area contributed by atoms with Crippen molar-refractivity contribution in [1.29, 1.82) is 0 Å². The molecule has 6 heteroatoms. The molecule has 0 spiro atoms. The second-order valence-corrected chi connectivity index (χ2v) is 7.78. The number of carbonyl (C=O) groups excluding carboxylic acids is 1. The van der Waals surface area contributed by atoms with Crippen LogP contribution in [-0.4, -0.2) is 20.3 Å². The molecule has 0 saturated heterocycles. The van der Waals surface area contributed by atoms with Gasteiger partial charge in [0.05, 0.1) is 5.69 Å². The van der Waals surface area contributed by atoms with E-state index in [1.54, 1.807) is 0 Å². The van der Waals surface area contributed by atoms with Crippen LogP contribution in [0.5, 0.6) is 5.75 Å². The van der Waals surface area contributed by atoms with E-state index in [9.17, 15) is 4.79 Å². The van der Waals surface area contributed by atoms with Gasteiger partial charge in [0.1, 0.15) is 18.0 Å². The Morgan fingerprint density at radius 2 is 1.97 bits per heavy atom. The van der Waals surface area contributed by atoms with Crippen LogP contribution in [0.4, 0.5) is 5.69 Å². The first-order chi connectivity index (χ1) is 15.7. The molecule has 0 saturated carbocycles. The van der Waals surface area contributed by atoms with Crippen LogP contribution < -0.4 is 10.1 Å². The van der Waals surface area contributed by atoms with Crippen LogP contribution in [0, 0.1) is 0 Å². The smallest absolute Gasteiger partial charge is 0.224 e. The van der Waals surface area contributed by atoms with Gasteiger partial charge in [-0.25, -0.2) is 4.98 Å². The van der Waals surface area contributed by atoms with Crippen molar-refractivity contribution in [2.24, 2.45) is 0 Å². The summed E-state index contributed by atoms with van der Waals surface area (Å²) in [7, 11) is 0. The minimum Gasteiger partial charge on any atom is -0.487 e. The second-order valence-electron chi connectivity index (χ2n) is 7.78. The van der Waals surface area contributed by atoms with E-state index in [2.05, 4.69) is 27.4 Å². The third-order valence-electron chi connectivity index (χ3n) is 5.44. The zero-order valence-electron chi connectivity index (χ0n) is 17.6. The van der Waals surface area contributed by atoms with Crippen LogP contribution in [-0.2, 0) is 17.8 Å². The number of hydrogen-bond donors (Lipinski definition) is 2. The average Bonchev–Trinajstić information content (AvgIpc) is 3.42.